The normalized spacial score (nSPS) is 42.4. The number of aliphatic hydroxyl groups excluding tert-OH is 17. The molecule has 40 unspecified atom stereocenters. The number of imide groups is 2. The first-order chi connectivity index (χ1) is 59.1. The van der Waals surface area contributed by atoms with E-state index >= 15 is 0 Å². The standard InChI is InChI=1S/C65H96B4N9O45S2/c1-14(83)70-18-12-110-20(8-79)30(89)43(18)114-63-41(100)37(96)48(52(122-63)55(103)75-68-77-26(87)6-24(124-66)57(77)105)118-60-28(72-16(3)85)45(32(91)22(10-81)112-60)116-62-39(98)34(93)35(94)50(120-62)54(102)74-67-78-27(88)7-25(58(78)106)125-69-76-56(104)51-47(109-5)36(95)40(99)65(121-51)117-46-29(73-17(4)86)61(113-23(11-82)33(46)92)119-49-38(97)42(101)64(123-53(49)59(107)108)115-44-19(71-15(2)84)13-111-21(9-80)31(44)90/h18-25,28-53,60-65,79-82,89-101H,6-13H2,1-5H3,(H,70,83)(H,71,84)(H,72,85)(H,73,86)(H,74,102)(H,75,103)(H,76,104)(H,107,108). The molecule has 54 nitrogen and oxygen atoms in total. The maximum Gasteiger partial charge on any atom is 0.400 e. The van der Waals surface area contributed by atoms with Crippen LogP contribution < -0.4 is 37.0 Å². The Morgan fingerprint density at radius 1 is 0.400 bits per heavy atom. The highest BCUT2D eigenvalue weighted by Gasteiger charge is 2.61. The summed E-state index contributed by atoms with van der Waals surface area (Å²) in [4.78, 5) is 160. The molecule has 25 N–H and O–H groups in total. The molecule has 5 radical (unpaired) electrons. The topological polar surface area (TPSA) is 798 Å². The average molecular weight is 1830 g/mol. The number of aliphatic hydroxyl groups is 17. The van der Waals surface area contributed by atoms with E-state index in [9.17, 15) is 149 Å². The molecule has 695 valence electrons. The number of carbonyl (C=O) groups excluding carboxylic acids is 11. The van der Waals surface area contributed by atoms with E-state index in [0.29, 0.717) is 47.9 Å². The van der Waals surface area contributed by atoms with Gasteiger partial charge in [0.1, 0.15) is 159 Å². The van der Waals surface area contributed by atoms with E-state index in [0.717, 1.165) is 41.5 Å². The van der Waals surface area contributed by atoms with Gasteiger partial charge in [-0.15, -0.1) is 0 Å². The number of carboxylic acid groups (broad SMARTS) is 1. The predicted molar refractivity (Wildman–Crippen MR) is 399 cm³/mol. The molecule has 10 heterocycles. The molecular weight excluding hydrogens is 1730 g/mol. The van der Waals surface area contributed by atoms with Crippen LogP contribution >= 0.6 is 23.2 Å². The molecule has 10 rings (SSSR count). The molecule has 125 heavy (non-hydrogen) atoms. The summed E-state index contributed by atoms with van der Waals surface area (Å²) < 4.78 is 86.2. The van der Waals surface area contributed by atoms with Gasteiger partial charge in [-0.1, -0.05) is 0 Å². The van der Waals surface area contributed by atoms with Gasteiger partial charge in [-0.25, -0.2) is 16.4 Å². The molecule has 0 aromatic heterocycles. The molecule has 0 aliphatic carbocycles. The number of hydrogen-bond acceptors (Lipinski definition) is 46. The monoisotopic (exact) mass is 1830 g/mol. The highest BCUT2D eigenvalue weighted by molar-refractivity contribution is 8.23. The fourth-order valence-electron chi connectivity index (χ4n) is 15.2. The number of carbonyl (C=O) groups is 12. The fourth-order valence-corrected chi connectivity index (χ4v) is 16.5. The second-order valence-corrected chi connectivity index (χ2v) is 32.0. The van der Waals surface area contributed by atoms with Gasteiger partial charge in [-0.2, -0.15) is 11.6 Å². The van der Waals surface area contributed by atoms with Crippen molar-refractivity contribution in [2.24, 2.45) is 0 Å². The molecular formula is C65H96B4N9O45S2. The number of amides is 11. The minimum Gasteiger partial charge on any atom is -0.479 e. The number of nitrogens with one attached hydrogen (secondary N) is 7. The van der Waals surface area contributed by atoms with Crippen molar-refractivity contribution in [2.45, 2.75) is 284 Å². The van der Waals surface area contributed by atoms with Crippen LogP contribution in [0.25, 0.3) is 0 Å². The maximum absolute atomic E-state index is 14.4. The number of rotatable bonds is 33. The van der Waals surface area contributed by atoms with Crippen molar-refractivity contribution < 1.29 is 221 Å². The SMILES string of the molecule is [B]SC1CC(=O)N([B]NC(=O)C2OC(OC3C(NC(C)=O)COC(CO)C3O)C(O)C(O)C2OC2OC(CO)C(O)C(OC3OC(C(=O)N[B]N4C(=O)CC(S[B]NC(=O)C5OC(OC6C(O)C(CO)OC(OC7C(C(=O)O)OC(OC8C(NC(C)=O)COC(CO)C8O)C(O)C7O)C6NC(C)=O)C(O)C(O)C5OC)C4=O)C(O)C(O)C3O)C2NC(C)=O)C1=O. The lowest BCUT2D eigenvalue weighted by Gasteiger charge is -2.50. The second kappa shape index (κ2) is 44.1. The Hall–Kier alpha value is -6.28. The smallest absolute Gasteiger partial charge is 0.400 e. The van der Waals surface area contributed by atoms with E-state index in [1.165, 1.54) is 0 Å². The summed E-state index contributed by atoms with van der Waals surface area (Å²) in [6.45, 7) is 0.134. The van der Waals surface area contributed by atoms with Crippen molar-refractivity contribution in [2.75, 3.05) is 46.8 Å². The molecule has 40 atom stereocenters. The number of methoxy groups -OCH3 is 1. The fraction of sp³-hybridized carbons (Fsp3) is 0.815. The minimum absolute atomic E-state index is 0.351. The van der Waals surface area contributed by atoms with Gasteiger partial charge in [-0.3, -0.25) is 52.7 Å². The highest BCUT2D eigenvalue weighted by Crippen LogP contribution is 2.39. The van der Waals surface area contributed by atoms with Gasteiger partial charge in [0.2, 0.25) is 65.0 Å². The Labute approximate surface area is 718 Å². The van der Waals surface area contributed by atoms with Gasteiger partial charge in [0.15, 0.2) is 69.3 Å². The lowest BCUT2D eigenvalue weighted by atomic mass is 9.93. The van der Waals surface area contributed by atoms with Crippen LogP contribution in [-0.4, -0.2) is 491 Å². The van der Waals surface area contributed by atoms with Crippen LogP contribution in [-0.2, 0) is 129 Å². The molecule has 60 heteroatoms. The molecule has 0 aromatic rings. The largest absolute Gasteiger partial charge is 0.479 e. The van der Waals surface area contributed by atoms with Crippen LogP contribution in [0.15, 0.2) is 0 Å². The Morgan fingerprint density at radius 3 is 1.13 bits per heavy atom. The van der Waals surface area contributed by atoms with Crippen LogP contribution in [0.4, 0.5) is 0 Å². The third-order valence-electron chi connectivity index (χ3n) is 21.6. The molecule has 0 bridgehead atoms. The molecule has 10 aliphatic rings. The first-order valence-electron chi connectivity index (χ1n) is 38.5. The Bertz CT molecular complexity index is 3810. The number of aliphatic carboxylic acids is 1. The van der Waals surface area contributed by atoms with Gasteiger partial charge in [0.05, 0.1) is 62.2 Å². The van der Waals surface area contributed by atoms with Gasteiger partial charge in [0.25, 0.3) is 0 Å². The predicted octanol–water partition coefficient (Wildman–Crippen LogP) is -20.0. The molecule has 10 saturated heterocycles. The van der Waals surface area contributed by atoms with Crippen LogP contribution in [0.5, 0.6) is 0 Å². The molecule has 10 aliphatic heterocycles. The highest BCUT2D eigenvalue weighted by atomic mass is 32.2. The van der Waals surface area contributed by atoms with Crippen molar-refractivity contribution in [3.05, 3.63) is 0 Å². The van der Waals surface area contributed by atoms with E-state index in [1.54, 1.807) is 0 Å². The Kier molecular flexibility index (Phi) is 35.6. The average Bonchev–Trinajstić information content (AvgIpc) is 1.33. The van der Waals surface area contributed by atoms with Gasteiger partial charge >= 0.3 is 27.8 Å². The molecule has 0 saturated carbocycles. The minimum atomic E-state index is -2.45. The Morgan fingerprint density at radius 2 is 0.736 bits per heavy atom. The zero-order chi connectivity index (χ0) is 91.9. The summed E-state index contributed by atoms with van der Waals surface area (Å²) >= 11 is 0.976. The number of hydrogen-bond donors (Lipinski definition) is 25. The first kappa shape index (κ1) is 101. The molecule has 0 aromatic carbocycles. The van der Waals surface area contributed by atoms with Crippen LogP contribution in [0.2, 0.25) is 0 Å². The van der Waals surface area contributed by atoms with E-state index in [4.69, 9.17) is 78.2 Å². The second-order valence-electron chi connectivity index (χ2n) is 30.1. The van der Waals surface area contributed by atoms with Crippen molar-refractivity contribution in [1.29, 1.82) is 0 Å². The summed E-state index contributed by atoms with van der Waals surface area (Å²) in [5, 5.41) is 213. The van der Waals surface area contributed by atoms with E-state index < -0.39 is 360 Å². The lowest BCUT2D eigenvalue weighted by molar-refractivity contribution is -0.365. The van der Waals surface area contributed by atoms with Crippen LogP contribution in [0.1, 0.15) is 40.5 Å². The number of ether oxygens (including phenoxy) is 15. The van der Waals surface area contributed by atoms with Crippen molar-refractivity contribution in [3.8, 4) is 0 Å². The van der Waals surface area contributed by atoms with Gasteiger partial charge < -0.3 is 210 Å². The molecule has 10 fully saturated rings. The van der Waals surface area contributed by atoms with Gasteiger partial charge in [-0.05, 0) is 0 Å². The van der Waals surface area contributed by atoms with E-state index in [2.05, 4.69) is 31.7 Å². The summed E-state index contributed by atoms with van der Waals surface area (Å²) in [7, 11) is 7.61. The summed E-state index contributed by atoms with van der Waals surface area (Å²) in [5.41, 5.74) is 0. The van der Waals surface area contributed by atoms with Gasteiger partial charge in [0, 0.05) is 47.6 Å². The maximum atomic E-state index is 14.4. The van der Waals surface area contributed by atoms with Crippen molar-refractivity contribution >= 4 is 123 Å². The van der Waals surface area contributed by atoms with Crippen LogP contribution in [0.3, 0.4) is 0 Å². The van der Waals surface area contributed by atoms with E-state index in [1.807, 2.05) is 5.23 Å². The molecule has 11 amide bonds. The first-order valence-corrected chi connectivity index (χ1v) is 40.4. The van der Waals surface area contributed by atoms with E-state index in [-0.39, 0.29) is 6.61 Å². The third kappa shape index (κ3) is 22.7. The summed E-state index contributed by atoms with van der Waals surface area (Å²) in [6, 6.07) is -6.45. The number of nitrogens with zero attached hydrogens (tertiary/aromatic N) is 2. The van der Waals surface area contributed by atoms with Crippen molar-refractivity contribution in [1.82, 2.24) is 46.6 Å². The molecule has 0 spiro atoms. The third-order valence-corrected chi connectivity index (χ3v) is 23.2. The lowest BCUT2D eigenvalue weighted by Crippen LogP contribution is -2.71. The zero-order valence-corrected chi connectivity index (χ0v) is 68.0. The zero-order valence-electron chi connectivity index (χ0n) is 66.3. The summed E-state index contributed by atoms with van der Waals surface area (Å²) in [6.07, 6.45) is -73.2. The quantitative estimate of drug-likeness (QED) is 0.0214. The van der Waals surface area contributed by atoms with Crippen molar-refractivity contribution in [3.63, 3.8) is 0 Å². The Balaban J connectivity index is 0.778. The van der Waals surface area contributed by atoms with Crippen LogP contribution in [0, 0.1) is 0 Å². The number of carboxylic acids is 1. The summed E-state index contributed by atoms with van der Waals surface area (Å²) in [5.74, 6) is -13.3.